The molecule has 0 aliphatic carbocycles. The lowest BCUT2D eigenvalue weighted by Gasteiger charge is -2.23. The standard InChI is InChI=1S/C16H31N7O4/c1-8(2)13(25)22-10(4)14(26)23-11(6-5-7-20-16(18)19)15(27)21-9(3)12(17)24/h8-11H,5-7H2,1-4H3,(H2,17,24)(H,21,27)(H,22,25)(H,23,26)(H4,18,19,20)/t9-,10-,11-/m0/s1. The molecule has 0 aromatic rings. The number of carbonyl (C=O) groups excluding carboxylic acids is 4. The molecule has 4 amide bonds. The molecular formula is C16H31N7O4. The third-order valence-electron chi connectivity index (χ3n) is 3.68. The smallest absolute Gasteiger partial charge is 0.243 e. The lowest BCUT2D eigenvalue weighted by molar-refractivity contribution is -0.133. The van der Waals surface area contributed by atoms with Gasteiger partial charge in [0.2, 0.25) is 23.6 Å². The number of nitrogens with two attached hydrogens (primary N) is 2. The molecule has 0 aromatic carbocycles. The monoisotopic (exact) mass is 385 g/mol. The minimum atomic E-state index is -0.938. The van der Waals surface area contributed by atoms with E-state index < -0.39 is 35.8 Å². The second kappa shape index (κ2) is 11.7. The van der Waals surface area contributed by atoms with Gasteiger partial charge in [0.05, 0.1) is 0 Å². The van der Waals surface area contributed by atoms with Crippen molar-refractivity contribution in [3.8, 4) is 0 Å². The van der Waals surface area contributed by atoms with Gasteiger partial charge in [-0.2, -0.15) is 0 Å². The van der Waals surface area contributed by atoms with Crippen molar-refractivity contribution in [1.29, 1.82) is 5.41 Å². The number of guanidine groups is 1. The van der Waals surface area contributed by atoms with Gasteiger partial charge in [-0.15, -0.1) is 0 Å². The molecule has 27 heavy (non-hydrogen) atoms. The fourth-order valence-electron chi connectivity index (χ4n) is 1.93. The Labute approximate surface area is 158 Å². The molecule has 0 unspecified atom stereocenters. The summed E-state index contributed by atoms with van der Waals surface area (Å²) in [6.07, 6.45) is 0.657. The molecule has 11 heteroatoms. The van der Waals surface area contributed by atoms with Crippen molar-refractivity contribution in [2.24, 2.45) is 17.4 Å². The number of rotatable bonds is 11. The minimum Gasteiger partial charge on any atom is -0.370 e. The van der Waals surface area contributed by atoms with Gasteiger partial charge in [-0.1, -0.05) is 13.8 Å². The molecule has 0 rings (SSSR count). The lowest BCUT2D eigenvalue weighted by atomic mass is 10.1. The SMILES string of the molecule is CC(C)C(=O)N[C@@H](C)C(=O)N[C@@H](CCCNC(=N)N)C(=O)N[C@@H](C)C(N)=O. The average molecular weight is 385 g/mol. The Morgan fingerprint density at radius 2 is 1.41 bits per heavy atom. The van der Waals surface area contributed by atoms with Crippen molar-refractivity contribution < 1.29 is 19.2 Å². The third kappa shape index (κ3) is 10.0. The van der Waals surface area contributed by atoms with Gasteiger partial charge in [-0.3, -0.25) is 24.6 Å². The maximum Gasteiger partial charge on any atom is 0.243 e. The fraction of sp³-hybridized carbons (Fsp3) is 0.688. The highest BCUT2D eigenvalue weighted by Crippen LogP contribution is 2.00. The summed E-state index contributed by atoms with van der Waals surface area (Å²) in [4.78, 5) is 47.5. The number of primary amides is 1. The van der Waals surface area contributed by atoms with Gasteiger partial charge in [0.15, 0.2) is 5.96 Å². The second-order valence-electron chi connectivity index (χ2n) is 6.56. The van der Waals surface area contributed by atoms with Crippen molar-refractivity contribution in [3.05, 3.63) is 0 Å². The van der Waals surface area contributed by atoms with Crippen LogP contribution in [0.3, 0.4) is 0 Å². The molecule has 0 saturated heterocycles. The topological polar surface area (TPSA) is 192 Å². The van der Waals surface area contributed by atoms with Gasteiger partial charge < -0.3 is 32.7 Å². The molecule has 0 radical (unpaired) electrons. The molecule has 0 heterocycles. The van der Waals surface area contributed by atoms with E-state index >= 15 is 0 Å². The first kappa shape index (κ1) is 24.1. The predicted molar refractivity (Wildman–Crippen MR) is 100 cm³/mol. The van der Waals surface area contributed by atoms with Crippen LogP contribution >= 0.6 is 0 Å². The van der Waals surface area contributed by atoms with E-state index in [1.165, 1.54) is 13.8 Å². The Morgan fingerprint density at radius 1 is 0.852 bits per heavy atom. The first-order chi connectivity index (χ1) is 12.5. The van der Waals surface area contributed by atoms with Crippen LogP contribution in [0.1, 0.15) is 40.5 Å². The van der Waals surface area contributed by atoms with E-state index in [2.05, 4.69) is 21.3 Å². The van der Waals surface area contributed by atoms with Crippen molar-refractivity contribution in [2.45, 2.75) is 58.7 Å². The molecule has 0 aliphatic rings. The first-order valence-electron chi connectivity index (χ1n) is 8.74. The summed E-state index contributed by atoms with van der Waals surface area (Å²) in [6, 6.07) is -2.67. The van der Waals surface area contributed by atoms with E-state index in [1.807, 2.05) is 0 Å². The molecular weight excluding hydrogens is 354 g/mol. The molecule has 0 spiro atoms. The Morgan fingerprint density at radius 3 is 1.89 bits per heavy atom. The highest BCUT2D eigenvalue weighted by atomic mass is 16.2. The minimum absolute atomic E-state index is 0.201. The number of nitrogens with one attached hydrogen (secondary N) is 5. The summed E-state index contributed by atoms with van der Waals surface area (Å²) in [5.41, 5.74) is 10.3. The zero-order chi connectivity index (χ0) is 21.1. The third-order valence-corrected chi connectivity index (χ3v) is 3.68. The molecule has 11 nitrogen and oxygen atoms in total. The largest absolute Gasteiger partial charge is 0.370 e. The van der Waals surface area contributed by atoms with Crippen molar-refractivity contribution >= 4 is 29.6 Å². The number of carbonyl (C=O) groups is 4. The van der Waals surface area contributed by atoms with Gasteiger partial charge in [0.1, 0.15) is 18.1 Å². The normalized spacial score (nSPS) is 13.8. The number of hydrogen-bond acceptors (Lipinski definition) is 5. The van der Waals surface area contributed by atoms with E-state index in [0.717, 1.165) is 0 Å². The molecule has 0 aromatic heterocycles. The molecule has 154 valence electrons. The van der Waals surface area contributed by atoms with E-state index in [1.54, 1.807) is 13.8 Å². The van der Waals surface area contributed by atoms with E-state index in [-0.39, 0.29) is 24.2 Å². The van der Waals surface area contributed by atoms with E-state index in [4.69, 9.17) is 16.9 Å². The van der Waals surface area contributed by atoms with Gasteiger partial charge in [-0.05, 0) is 26.7 Å². The summed E-state index contributed by atoms with van der Waals surface area (Å²) in [6.45, 7) is 6.67. The van der Waals surface area contributed by atoms with Crippen LogP contribution in [-0.2, 0) is 19.2 Å². The Balaban J connectivity index is 4.91. The molecule has 0 bridgehead atoms. The van der Waals surface area contributed by atoms with E-state index in [0.29, 0.717) is 13.0 Å². The van der Waals surface area contributed by atoms with Crippen LogP contribution in [0.4, 0.5) is 0 Å². The van der Waals surface area contributed by atoms with Crippen molar-refractivity contribution in [2.75, 3.05) is 6.54 Å². The highest BCUT2D eigenvalue weighted by molar-refractivity contribution is 5.93. The second-order valence-corrected chi connectivity index (χ2v) is 6.56. The van der Waals surface area contributed by atoms with Crippen LogP contribution in [0.15, 0.2) is 0 Å². The Bertz CT molecular complexity index is 565. The van der Waals surface area contributed by atoms with Gasteiger partial charge >= 0.3 is 0 Å². The highest BCUT2D eigenvalue weighted by Gasteiger charge is 2.26. The molecule has 9 N–H and O–H groups in total. The van der Waals surface area contributed by atoms with E-state index in [9.17, 15) is 19.2 Å². The average Bonchev–Trinajstić information content (AvgIpc) is 2.56. The van der Waals surface area contributed by atoms with Gasteiger partial charge in [0, 0.05) is 12.5 Å². The maximum absolute atomic E-state index is 12.4. The lowest BCUT2D eigenvalue weighted by Crippen LogP contribution is -2.55. The predicted octanol–water partition coefficient (Wildman–Crippen LogP) is -2.11. The van der Waals surface area contributed by atoms with Crippen molar-refractivity contribution in [3.63, 3.8) is 0 Å². The summed E-state index contributed by atoms with van der Waals surface area (Å²) < 4.78 is 0. The summed E-state index contributed by atoms with van der Waals surface area (Å²) in [7, 11) is 0. The van der Waals surface area contributed by atoms with Crippen LogP contribution in [-0.4, -0.2) is 54.3 Å². The molecule has 0 aliphatic heterocycles. The summed E-state index contributed by atoms with van der Waals surface area (Å²) in [5, 5.41) is 17.2. The molecule has 0 saturated carbocycles. The molecule has 0 fully saturated rings. The number of amides is 4. The van der Waals surface area contributed by atoms with Crippen LogP contribution in [0.25, 0.3) is 0 Å². The van der Waals surface area contributed by atoms with Crippen LogP contribution < -0.4 is 32.7 Å². The van der Waals surface area contributed by atoms with Crippen LogP contribution in [0.2, 0.25) is 0 Å². The number of hydrogen-bond donors (Lipinski definition) is 7. The maximum atomic E-state index is 12.4. The molecule has 3 atom stereocenters. The van der Waals surface area contributed by atoms with Gasteiger partial charge in [0.25, 0.3) is 0 Å². The quantitative estimate of drug-likeness (QED) is 0.121. The van der Waals surface area contributed by atoms with Gasteiger partial charge in [-0.25, -0.2) is 0 Å². The van der Waals surface area contributed by atoms with Crippen molar-refractivity contribution in [1.82, 2.24) is 21.3 Å². The Hall–Kier alpha value is -2.85. The Kier molecular flexibility index (Phi) is 10.5. The van der Waals surface area contributed by atoms with Crippen LogP contribution in [0, 0.1) is 11.3 Å². The zero-order valence-electron chi connectivity index (χ0n) is 16.2. The summed E-state index contributed by atoms with van der Waals surface area (Å²) >= 11 is 0. The first-order valence-corrected chi connectivity index (χ1v) is 8.74. The fourth-order valence-corrected chi connectivity index (χ4v) is 1.93. The van der Waals surface area contributed by atoms with Crippen LogP contribution in [0.5, 0.6) is 0 Å². The summed E-state index contributed by atoms with van der Waals surface area (Å²) in [5.74, 6) is -2.58. The zero-order valence-corrected chi connectivity index (χ0v) is 16.2.